The number of nitrogens with zero attached hydrogens (tertiary/aromatic N) is 4. The first-order chi connectivity index (χ1) is 30.8. The summed E-state index contributed by atoms with van der Waals surface area (Å²) >= 11 is 0. The van der Waals surface area contributed by atoms with Gasteiger partial charge in [0.2, 0.25) is 0 Å². The summed E-state index contributed by atoms with van der Waals surface area (Å²) in [6, 6.07) is 79.9. The number of aliphatic imine (C=N–C) groups is 2. The topological polar surface area (TPSA) is 46.6 Å². The molecule has 62 heavy (non-hydrogen) atoms. The maximum atomic E-state index is 5.38. The van der Waals surface area contributed by atoms with Crippen molar-refractivity contribution in [3.8, 4) is 33.6 Å². The Hall–Kier alpha value is -8.28. The van der Waals surface area contributed by atoms with Crippen molar-refractivity contribution in [2.45, 2.75) is 6.17 Å². The van der Waals surface area contributed by atoms with Crippen LogP contribution >= 0.6 is 0 Å². The number of rotatable bonds is 7. The van der Waals surface area contributed by atoms with Crippen LogP contribution in [0.25, 0.3) is 77.2 Å². The molecular weight excluding hydrogens is 755 g/mol. The Bertz CT molecular complexity index is 3490. The van der Waals surface area contributed by atoms with Crippen LogP contribution in [0, 0.1) is 0 Å². The Morgan fingerprint density at radius 1 is 0.371 bits per heavy atom. The SMILES string of the molecule is c1ccc(C2=NC(c3ccc(-c4ccccc4)c(-n4c5ccccc5c5cccc(-n6c7ccccc7c7ccccc76)c54)c3)NC(c3ccccc3-c3ccccc3)=N2)cc1. The number of para-hydroxylation sites is 4. The molecule has 0 saturated heterocycles. The van der Waals surface area contributed by atoms with E-state index in [1.807, 2.05) is 18.2 Å². The van der Waals surface area contributed by atoms with E-state index in [4.69, 9.17) is 9.98 Å². The van der Waals surface area contributed by atoms with Gasteiger partial charge in [-0.1, -0.05) is 194 Å². The van der Waals surface area contributed by atoms with E-state index in [-0.39, 0.29) is 0 Å². The van der Waals surface area contributed by atoms with Crippen LogP contribution in [0.1, 0.15) is 22.9 Å². The second kappa shape index (κ2) is 14.8. The largest absolute Gasteiger partial charge is 0.344 e. The predicted octanol–water partition coefficient (Wildman–Crippen LogP) is 13.7. The molecule has 0 amide bonds. The number of amidine groups is 2. The molecule has 0 radical (unpaired) electrons. The van der Waals surface area contributed by atoms with Crippen LogP contribution in [0.3, 0.4) is 0 Å². The summed E-state index contributed by atoms with van der Waals surface area (Å²) in [6.07, 6.45) is -0.435. The highest BCUT2D eigenvalue weighted by atomic mass is 15.2. The zero-order valence-corrected chi connectivity index (χ0v) is 33.7. The van der Waals surface area contributed by atoms with Crippen molar-refractivity contribution < 1.29 is 0 Å². The van der Waals surface area contributed by atoms with Gasteiger partial charge in [-0.3, -0.25) is 0 Å². The highest BCUT2D eigenvalue weighted by molar-refractivity contribution is 6.16. The van der Waals surface area contributed by atoms with Crippen LogP contribution in [-0.2, 0) is 0 Å². The molecule has 1 unspecified atom stereocenters. The van der Waals surface area contributed by atoms with Crippen molar-refractivity contribution in [1.82, 2.24) is 14.5 Å². The number of fused-ring (bicyclic) bond motifs is 6. The van der Waals surface area contributed by atoms with Crippen molar-refractivity contribution in [3.63, 3.8) is 0 Å². The maximum Gasteiger partial charge on any atom is 0.159 e. The lowest BCUT2D eigenvalue weighted by molar-refractivity contribution is 0.674. The van der Waals surface area contributed by atoms with Crippen LogP contribution in [-0.4, -0.2) is 20.8 Å². The molecule has 3 heterocycles. The Morgan fingerprint density at radius 2 is 0.871 bits per heavy atom. The first-order valence-corrected chi connectivity index (χ1v) is 21.1. The van der Waals surface area contributed by atoms with Crippen LogP contribution in [0.15, 0.2) is 234 Å². The minimum atomic E-state index is -0.435. The molecule has 1 atom stereocenters. The van der Waals surface area contributed by atoms with Crippen molar-refractivity contribution in [1.29, 1.82) is 0 Å². The highest BCUT2D eigenvalue weighted by Crippen LogP contribution is 2.42. The van der Waals surface area contributed by atoms with Gasteiger partial charge in [-0.15, -0.1) is 0 Å². The van der Waals surface area contributed by atoms with Gasteiger partial charge >= 0.3 is 0 Å². The fourth-order valence-corrected chi connectivity index (χ4v) is 9.41. The minimum absolute atomic E-state index is 0.435. The Balaban J connectivity index is 1.12. The zero-order valence-electron chi connectivity index (χ0n) is 33.7. The molecule has 1 aliphatic rings. The molecule has 0 fully saturated rings. The fourth-order valence-electron chi connectivity index (χ4n) is 9.41. The quantitative estimate of drug-likeness (QED) is 0.172. The van der Waals surface area contributed by atoms with E-state index in [9.17, 15) is 0 Å². The molecule has 9 aromatic carbocycles. The lowest BCUT2D eigenvalue weighted by Crippen LogP contribution is -2.34. The first-order valence-electron chi connectivity index (χ1n) is 21.1. The van der Waals surface area contributed by atoms with E-state index >= 15 is 0 Å². The summed E-state index contributed by atoms with van der Waals surface area (Å²) in [5, 5.41) is 8.68. The van der Waals surface area contributed by atoms with E-state index < -0.39 is 6.17 Å². The van der Waals surface area contributed by atoms with Crippen LogP contribution in [0.2, 0.25) is 0 Å². The third-order valence-corrected chi connectivity index (χ3v) is 12.2. The highest BCUT2D eigenvalue weighted by Gasteiger charge is 2.26. The average molecular weight is 794 g/mol. The monoisotopic (exact) mass is 793 g/mol. The lowest BCUT2D eigenvalue weighted by atomic mass is 9.97. The van der Waals surface area contributed by atoms with Crippen molar-refractivity contribution >= 4 is 55.3 Å². The molecule has 1 N–H and O–H groups in total. The van der Waals surface area contributed by atoms with Gasteiger partial charge < -0.3 is 14.5 Å². The van der Waals surface area contributed by atoms with E-state index in [0.29, 0.717) is 5.84 Å². The van der Waals surface area contributed by atoms with Crippen molar-refractivity contribution in [2.24, 2.45) is 9.98 Å². The van der Waals surface area contributed by atoms with Crippen molar-refractivity contribution in [3.05, 3.63) is 241 Å². The van der Waals surface area contributed by atoms with Gasteiger partial charge in [-0.2, -0.15) is 0 Å². The summed E-state index contributed by atoms with van der Waals surface area (Å²) in [7, 11) is 0. The zero-order chi connectivity index (χ0) is 41.0. The van der Waals surface area contributed by atoms with Crippen molar-refractivity contribution in [2.75, 3.05) is 0 Å². The molecule has 0 bridgehead atoms. The van der Waals surface area contributed by atoms with E-state index in [0.717, 1.165) is 67.2 Å². The summed E-state index contributed by atoms with van der Waals surface area (Å²) in [5.74, 6) is 1.47. The molecule has 5 nitrogen and oxygen atoms in total. The third-order valence-electron chi connectivity index (χ3n) is 12.2. The standard InChI is InChI=1S/C57H39N5/c1-4-19-38(20-5-1)42-25-10-11-29-48(42)57-59-55(40-23-8-3-9-24-40)58-56(60-57)41-35-36-43(39-21-6-2-7-22-39)53(37-41)62-51-33-17-14-28-46(51)47-30-18-34-52(54(47)62)61-49-31-15-12-26-44(49)45-27-13-16-32-50(45)61/h1-37,56H,(H,58,59,60). The van der Waals surface area contributed by atoms with Crippen LogP contribution in [0.4, 0.5) is 0 Å². The summed E-state index contributed by atoms with van der Waals surface area (Å²) in [6.45, 7) is 0. The smallest absolute Gasteiger partial charge is 0.159 e. The van der Waals surface area contributed by atoms with E-state index in [2.05, 4.69) is 221 Å². The number of hydrogen-bond donors (Lipinski definition) is 1. The van der Waals surface area contributed by atoms with Crippen LogP contribution in [0.5, 0.6) is 0 Å². The van der Waals surface area contributed by atoms with Gasteiger partial charge in [-0.05, 0) is 52.6 Å². The molecule has 292 valence electrons. The molecular formula is C57H39N5. The molecule has 2 aromatic heterocycles. The number of hydrogen-bond acceptors (Lipinski definition) is 3. The number of aromatic nitrogens is 2. The minimum Gasteiger partial charge on any atom is -0.344 e. The maximum absolute atomic E-state index is 5.38. The van der Waals surface area contributed by atoms with Gasteiger partial charge in [0, 0.05) is 38.2 Å². The third kappa shape index (κ3) is 5.86. The number of nitrogens with one attached hydrogen (secondary N) is 1. The molecule has 12 rings (SSSR count). The molecule has 0 saturated carbocycles. The summed E-state index contributed by atoms with van der Waals surface area (Å²) < 4.78 is 4.93. The Labute approximate surface area is 359 Å². The molecule has 0 aliphatic carbocycles. The molecule has 11 aromatic rings. The van der Waals surface area contributed by atoms with Gasteiger partial charge in [0.25, 0.3) is 0 Å². The number of benzene rings is 9. The predicted molar refractivity (Wildman–Crippen MR) is 258 cm³/mol. The second-order valence-electron chi connectivity index (χ2n) is 15.8. The van der Waals surface area contributed by atoms with Gasteiger partial charge in [-0.25, -0.2) is 9.98 Å². The summed E-state index contributed by atoms with van der Waals surface area (Å²) in [4.78, 5) is 10.6. The molecule has 1 aliphatic heterocycles. The van der Waals surface area contributed by atoms with Gasteiger partial charge in [0.15, 0.2) is 5.84 Å². The van der Waals surface area contributed by atoms with E-state index in [1.54, 1.807) is 0 Å². The van der Waals surface area contributed by atoms with Crippen LogP contribution < -0.4 is 5.32 Å². The molecule has 0 spiro atoms. The molecule has 5 heteroatoms. The Kier molecular flexibility index (Phi) is 8.49. The lowest BCUT2D eigenvalue weighted by Gasteiger charge is -2.26. The van der Waals surface area contributed by atoms with E-state index in [1.165, 1.54) is 32.6 Å². The fraction of sp³-hybridized carbons (Fsp3) is 0.0175. The Morgan fingerprint density at radius 3 is 1.52 bits per heavy atom. The second-order valence-corrected chi connectivity index (χ2v) is 15.8. The van der Waals surface area contributed by atoms with Gasteiger partial charge in [0.05, 0.1) is 33.4 Å². The normalized spacial score (nSPS) is 14.0. The first kappa shape index (κ1) is 35.6. The summed E-state index contributed by atoms with van der Waals surface area (Å²) in [5.41, 5.74) is 14.3. The van der Waals surface area contributed by atoms with Gasteiger partial charge in [0.1, 0.15) is 12.0 Å². The average Bonchev–Trinajstić information content (AvgIpc) is 3.88.